The summed E-state index contributed by atoms with van der Waals surface area (Å²) in [5.74, 6) is -1.29. The Hall–Kier alpha value is -1.62. The van der Waals surface area contributed by atoms with E-state index in [9.17, 15) is 4.79 Å². The van der Waals surface area contributed by atoms with E-state index in [-0.39, 0.29) is 10.6 Å². The average molecular weight is 282 g/mol. The van der Waals surface area contributed by atoms with E-state index in [0.717, 1.165) is 11.1 Å². The number of carboxylic acid groups (broad SMARTS) is 1. The molecule has 1 aromatic heterocycles. The zero-order chi connectivity index (χ0) is 11.7. The standard InChI is InChI=1S/C11H8BrNO3/c1-6-3-2-4-7(5-6)8-9(10(14)15)16-11(12)13-8/h2-5H,1H3,(H,14,15). The number of rotatable bonds is 2. The van der Waals surface area contributed by atoms with E-state index >= 15 is 0 Å². The predicted octanol–water partition coefficient (Wildman–Crippen LogP) is 3.11. The number of hydrogen-bond donors (Lipinski definition) is 1. The number of benzene rings is 1. The predicted molar refractivity (Wildman–Crippen MR) is 61.3 cm³/mol. The van der Waals surface area contributed by atoms with Gasteiger partial charge in [0.05, 0.1) is 0 Å². The summed E-state index contributed by atoms with van der Waals surface area (Å²) < 4.78 is 4.98. The van der Waals surface area contributed by atoms with Gasteiger partial charge in [0.15, 0.2) is 0 Å². The van der Waals surface area contributed by atoms with Crippen LogP contribution in [0.15, 0.2) is 33.5 Å². The van der Waals surface area contributed by atoms with Crippen LogP contribution in [-0.2, 0) is 0 Å². The van der Waals surface area contributed by atoms with Crippen molar-refractivity contribution in [2.75, 3.05) is 0 Å². The summed E-state index contributed by atoms with van der Waals surface area (Å²) in [7, 11) is 0. The molecule has 2 aromatic rings. The maximum atomic E-state index is 10.9. The molecule has 0 radical (unpaired) electrons. The number of oxazole rings is 1. The van der Waals surface area contributed by atoms with Crippen molar-refractivity contribution in [3.63, 3.8) is 0 Å². The van der Waals surface area contributed by atoms with Crippen LogP contribution < -0.4 is 0 Å². The Morgan fingerprint density at radius 1 is 1.50 bits per heavy atom. The number of aromatic nitrogens is 1. The fourth-order valence-corrected chi connectivity index (χ4v) is 1.77. The molecular formula is C11H8BrNO3. The van der Waals surface area contributed by atoms with Gasteiger partial charge in [-0.2, -0.15) is 0 Å². The van der Waals surface area contributed by atoms with Crippen LogP contribution >= 0.6 is 15.9 Å². The molecule has 16 heavy (non-hydrogen) atoms. The number of nitrogens with zero attached hydrogens (tertiary/aromatic N) is 1. The van der Waals surface area contributed by atoms with Crippen molar-refractivity contribution < 1.29 is 14.3 Å². The molecule has 0 amide bonds. The minimum absolute atomic E-state index is 0.155. The van der Waals surface area contributed by atoms with Gasteiger partial charge in [-0.15, -0.1) is 0 Å². The molecule has 0 aliphatic carbocycles. The fraction of sp³-hybridized carbons (Fsp3) is 0.0909. The Balaban J connectivity index is 2.59. The molecule has 0 aliphatic heterocycles. The topological polar surface area (TPSA) is 63.3 Å². The summed E-state index contributed by atoms with van der Waals surface area (Å²) in [6.07, 6.45) is 0. The van der Waals surface area contributed by atoms with E-state index in [1.54, 1.807) is 6.07 Å². The van der Waals surface area contributed by atoms with Crippen molar-refractivity contribution in [3.8, 4) is 11.3 Å². The van der Waals surface area contributed by atoms with E-state index in [2.05, 4.69) is 20.9 Å². The molecule has 0 saturated heterocycles. The summed E-state index contributed by atoms with van der Waals surface area (Å²) in [5, 5.41) is 8.96. The van der Waals surface area contributed by atoms with Gasteiger partial charge in [0.2, 0.25) is 5.76 Å². The van der Waals surface area contributed by atoms with Gasteiger partial charge in [-0.1, -0.05) is 23.8 Å². The van der Waals surface area contributed by atoms with Gasteiger partial charge < -0.3 is 9.52 Å². The molecule has 1 aromatic carbocycles. The SMILES string of the molecule is Cc1cccc(-c2nc(Br)oc2C(=O)O)c1. The lowest BCUT2D eigenvalue weighted by Gasteiger charge is -1.98. The average Bonchev–Trinajstić information content (AvgIpc) is 2.60. The highest BCUT2D eigenvalue weighted by Crippen LogP contribution is 2.26. The van der Waals surface area contributed by atoms with Crippen LogP contribution in [0, 0.1) is 6.92 Å². The zero-order valence-corrected chi connectivity index (χ0v) is 9.98. The molecule has 4 nitrogen and oxygen atoms in total. The Kier molecular flexibility index (Phi) is 2.78. The molecule has 2 rings (SSSR count). The van der Waals surface area contributed by atoms with Gasteiger partial charge in [0.25, 0.3) is 4.80 Å². The van der Waals surface area contributed by atoms with Gasteiger partial charge in [-0.05, 0) is 13.0 Å². The zero-order valence-electron chi connectivity index (χ0n) is 8.40. The first-order valence-electron chi connectivity index (χ1n) is 4.54. The molecule has 0 spiro atoms. The third-order valence-electron chi connectivity index (χ3n) is 2.09. The summed E-state index contributed by atoms with van der Waals surface area (Å²) in [6.45, 7) is 1.93. The van der Waals surface area contributed by atoms with Gasteiger partial charge >= 0.3 is 5.97 Å². The second kappa shape index (κ2) is 4.09. The number of carbonyl (C=O) groups is 1. The first-order chi connectivity index (χ1) is 7.58. The van der Waals surface area contributed by atoms with Crippen LogP contribution in [0.1, 0.15) is 16.1 Å². The van der Waals surface area contributed by atoms with E-state index in [4.69, 9.17) is 9.52 Å². The second-order valence-corrected chi connectivity index (χ2v) is 4.00. The van der Waals surface area contributed by atoms with E-state index in [1.165, 1.54) is 0 Å². The Morgan fingerprint density at radius 2 is 2.25 bits per heavy atom. The van der Waals surface area contributed by atoms with E-state index in [0.29, 0.717) is 5.69 Å². The summed E-state index contributed by atoms with van der Waals surface area (Å²) >= 11 is 3.03. The van der Waals surface area contributed by atoms with Gasteiger partial charge in [0.1, 0.15) is 5.69 Å². The van der Waals surface area contributed by atoms with Crippen molar-refractivity contribution in [2.45, 2.75) is 6.92 Å². The highest BCUT2D eigenvalue weighted by atomic mass is 79.9. The van der Waals surface area contributed by atoms with Crippen LogP contribution in [0.5, 0.6) is 0 Å². The monoisotopic (exact) mass is 281 g/mol. The van der Waals surface area contributed by atoms with E-state index < -0.39 is 5.97 Å². The molecule has 0 fully saturated rings. The van der Waals surface area contributed by atoms with Crippen LogP contribution in [-0.4, -0.2) is 16.1 Å². The summed E-state index contributed by atoms with van der Waals surface area (Å²) in [4.78, 5) is 15.1. The molecule has 0 bridgehead atoms. The number of aryl methyl sites for hydroxylation is 1. The quantitative estimate of drug-likeness (QED) is 0.919. The van der Waals surface area contributed by atoms with Crippen LogP contribution in [0.4, 0.5) is 0 Å². The smallest absolute Gasteiger partial charge is 0.374 e. The van der Waals surface area contributed by atoms with Crippen molar-refractivity contribution in [3.05, 3.63) is 40.4 Å². The van der Waals surface area contributed by atoms with Crippen LogP contribution in [0.3, 0.4) is 0 Å². The number of aromatic carboxylic acids is 1. The number of carboxylic acids is 1. The Labute approximate surface area is 100 Å². The Morgan fingerprint density at radius 3 is 2.88 bits per heavy atom. The van der Waals surface area contributed by atoms with Crippen LogP contribution in [0.25, 0.3) is 11.3 Å². The first kappa shape index (κ1) is 10.9. The maximum absolute atomic E-state index is 10.9. The first-order valence-corrected chi connectivity index (χ1v) is 5.34. The molecule has 82 valence electrons. The van der Waals surface area contributed by atoms with E-state index in [1.807, 2.05) is 25.1 Å². The minimum atomic E-state index is -1.13. The third kappa shape index (κ3) is 1.99. The third-order valence-corrected chi connectivity index (χ3v) is 2.43. The molecule has 1 N–H and O–H groups in total. The summed E-state index contributed by atoms with van der Waals surface area (Å²) in [6, 6.07) is 7.43. The minimum Gasteiger partial charge on any atom is -0.475 e. The lowest BCUT2D eigenvalue weighted by atomic mass is 10.1. The number of hydrogen-bond acceptors (Lipinski definition) is 3. The second-order valence-electron chi connectivity index (χ2n) is 3.32. The van der Waals surface area contributed by atoms with Gasteiger partial charge in [-0.25, -0.2) is 9.78 Å². The molecule has 0 aliphatic rings. The van der Waals surface area contributed by atoms with Crippen molar-refractivity contribution in [2.24, 2.45) is 0 Å². The molecule has 5 heteroatoms. The lowest BCUT2D eigenvalue weighted by molar-refractivity contribution is 0.0662. The summed E-state index contributed by atoms with van der Waals surface area (Å²) in [5.41, 5.74) is 2.10. The molecular weight excluding hydrogens is 274 g/mol. The normalized spacial score (nSPS) is 10.4. The van der Waals surface area contributed by atoms with Crippen molar-refractivity contribution in [1.29, 1.82) is 0 Å². The van der Waals surface area contributed by atoms with Crippen LogP contribution in [0.2, 0.25) is 0 Å². The molecule has 0 unspecified atom stereocenters. The molecule has 1 heterocycles. The molecule has 0 saturated carbocycles. The van der Waals surface area contributed by atoms with Crippen molar-refractivity contribution in [1.82, 2.24) is 4.98 Å². The van der Waals surface area contributed by atoms with Crippen molar-refractivity contribution >= 4 is 21.9 Å². The van der Waals surface area contributed by atoms with Gasteiger partial charge in [0, 0.05) is 21.5 Å². The lowest BCUT2D eigenvalue weighted by Crippen LogP contribution is -1.96. The molecule has 0 atom stereocenters. The largest absolute Gasteiger partial charge is 0.475 e. The Bertz CT molecular complexity index is 548. The highest BCUT2D eigenvalue weighted by Gasteiger charge is 2.19. The fourth-order valence-electron chi connectivity index (χ4n) is 1.43. The number of halogens is 1. The maximum Gasteiger partial charge on any atom is 0.374 e. The highest BCUT2D eigenvalue weighted by molar-refractivity contribution is 9.10. The van der Waals surface area contributed by atoms with Gasteiger partial charge in [-0.3, -0.25) is 0 Å².